The van der Waals surface area contributed by atoms with E-state index in [2.05, 4.69) is 17.1 Å². The molecule has 17 heavy (non-hydrogen) atoms. The molecule has 3 heteroatoms. The van der Waals surface area contributed by atoms with Crippen LogP contribution >= 0.6 is 0 Å². The zero-order valence-corrected chi connectivity index (χ0v) is 11.1. The van der Waals surface area contributed by atoms with Crippen molar-refractivity contribution in [2.45, 2.75) is 50.7 Å². The fraction of sp³-hybridized carbons (Fsp3) is 1.00. The molecule has 0 bridgehead atoms. The van der Waals surface area contributed by atoms with E-state index in [0.29, 0.717) is 0 Å². The molecular formula is C14H26N2O. The Morgan fingerprint density at radius 3 is 2.82 bits per heavy atom. The summed E-state index contributed by atoms with van der Waals surface area (Å²) in [5.74, 6) is 1.00. The van der Waals surface area contributed by atoms with Crippen molar-refractivity contribution in [3.05, 3.63) is 0 Å². The van der Waals surface area contributed by atoms with E-state index < -0.39 is 0 Å². The number of hydrogen-bond donors (Lipinski definition) is 1. The number of fused-ring (bicyclic) bond motifs is 1. The van der Waals surface area contributed by atoms with Crippen molar-refractivity contribution in [1.82, 2.24) is 10.2 Å². The first-order valence-corrected chi connectivity index (χ1v) is 7.36. The lowest BCUT2D eigenvalue weighted by atomic mass is 9.92. The smallest absolute Gasteiger partial charge is 0.0902 e. The molecule has 3 rings (SSSR count). The van der Waals surface area contributed by atoms with E-state index >= 15 is 0 Å². The quantitative estimate of drug-likeness (QED) is 0.805. The molecule has 0 aromatic carbocycles. The maximum atomic E-state index is 6.01. The predicted octanol–water partition coefficient (Wildman–Crippen LogP) is 1.63. The molecule has 2 unspecified atom stereocenters. The van der Waals surface area contributed by atoms with E-state index in [1.807, 2.05) is 0 Å². The van der Waals surface area contributed by atoms with Crippen LogP contribution in [0.3, 0.4) is 0 Å². The average Bonchev–Trinajstić information content (AvgIpc) is 2.75. The minimum atomic E-state index is 0.130. The molecule has 0 aromatic rings. The molecule has 2 atom stereocenters. The molecule has 2 aliphatic heterocycles. The number of nitrogens with one attached hydrogen (secondary N) is 1. The number of likely N-dealkylation sites (tertiary alicyclic amines) is 1. The number of ether oxygens (including phenoxy) is 1. The summed E-state index contributed by atoms with van der Waals surface area (Å²) in [6.45, 7) is 7.65. The van der Waals surface area contributed by atoms with Crippen molar-refractivity contribution in [3.63, 3.8) is 0 Å². The van der Waals surface area contributed by atoms with E-state index in [4.69, 9.17) is 4.74 Å². The summed E-state index contributed by atoms with van der Waals surface area (Å²) >= 11 is 0. The molecule has 0 amide bonds. The molecule has 3 fully saturated rings. The molecule has 0 aromatic heterocycles. The minimum absolute atomic E-state index is 0.130. The fourth-order valence-corrected chi connectivity index (χ4v) is 3.82. The Kier molecular flexibility index (Phi) is 3.42. The van der Waals surface area contributed by atoms with Gasteiger partial charge in [0.05, 0.1) is 12.2 Å². The van der Waals surface area contributed by atoms with Crippen molar-refractivity contribution in [3.8, 4) is 0 Å². The van der Waals surface area contributed by atoms with Gasteiger partial charge in [-0.25, -0.2) is 0 Å². The first kappa shape index (κ1) is 11.9. The monoisotopic (exact) mass is 238 g/mol. The Balaban J connectivity index is 1.44. The largest absolute Gasteiger partial charge is 0.371 e. The Bertz CT molecular complexity index is 265. The third-order valence-corrected chi connectivity index (χ3v) is 4.94. The summed E-state index contributed by atoms with van der Waals surface area (Å²) in [5, 5.41) is 3.29. The van der Waals surface area contributed by atoms with Gasteiger partial charge in [-0.2, -0.15) is 0 Å². The van der Waals surface area contributed by atoms with Crippen LogP contribution in [0.4, 0.5) is 0 Å². The van der Waals surface area contributed by atoms with Gasteiger partial charge >= 0.3 is 0 Å². The van der Waals surface area contributed by atoms with Crippen LogP contribution in [0, 0.1) is 5.92 Å². The normalized spacial score (nSPS) is 36.5. The maximum Gasteiger partial charge on any atom is 0.0902 e. The van der Waals surface area contributed by atoms with Crippen LogP contribution in [0.5, 0.6) is 0 Å². The van der Waals surface area contributed by atoms with E-state index in [1.165, 1.54) is 38.6 Å². The second kappa shape index (κ2) is 4.87. The van der Waals surface area contributed by atoms with Crippen molar-refractivity contribution in [2.75, 3.05) is 32.8 Å². The number of hydrogen-bond acceptors (Lipinski definition) is 3. The van der Waals surface area contributed by atoms with Crippen molar-refractivity contribution in [2.24, 2.45) is 5.92 Å². The molecule has 1 saturated carbocycles. The van der Waals surface area contributed by atoms with Gasteiger partial charge < -0.3 is 10.1 Å². The molecule has 0 spiro atoms. The van der Waals surface area contributed by atoms with Gasteiger partial charge in [0.2, 0.25) is 0 Å². The summed E-state index contributed by atoms with van der Waals surface area (Å²) in [5.41, 5.74) is 0.130. The van der Waals surface area contributed by atoms with Crippen molar-refractivity contribution in [1.29, 1.82) is 0 Å². The fourth-order valence-electron chi connectivity index (χ4n) is 3.82. The predicted molar refractivity (Wildman–Crippen MR) is 69.2 cm³/mol. The molecule has 0 radical (unpaired) electrons. The van der Waals surface area contributed by atoms with Gasteiger partial charge in [-0.05, 0) is 45.1 Å². The highest BCUT2D eigenvalue weighted by atomic mass is 16.5. The van der Waals surface area contributed by atoms with Crippen LogP contribution < -0.4 is 5.32 Å². The van der Waals surface area contributed by atoms with E-state index in [-0.39, 0.29) is 5.60 Å². The maximum absolute atomic E-state index is 6.01. The first-order chi connectivity index (χ1) is 8.27. The van der Waals surface area contributed by atoms with E-state index in [1.54, 1.807) is 0 Å². The lowest BCUT2D eigenvalue weighted by molar-refractivity contribution is -0.0771. The standard InChI is InChI=1S/C14H26N2O/c1-14(10-15-11-14)17-9-8-16-7-3-5-12-4-2-6-13(12)16/h12-13,15H,2-11H2,1H3. The van der Waals surface area contributed by atoms with Crippen molar-refractivity contribution < 1.29 is 4.74 Å². The van der Waals surface area contributed by atoms with Crippen LogP contribution in [0.25, 0.3) is 0 Å². The zero-order chi connectivity index (χ0) is 11.7. The van der Waals surface area contributed by atoms with Gasteiger partial charge in [-0.1, -0.05) is 6.42 Å². The van der Waals surface area contributed by atoms with E-state index in [9.17, 15) is 0 Å². The summed E-state index contributed by atoms with van der Waals surface area (Å²) in [6, 6.07) is 0.889. The van der Waals surface area contributed by atoms with Crippen LogP contribution in [-0.4, -0.2) is 49.3 Å². The van der Waals surface area contributed by atoms with Gasteiger partial charge in [0.25, 0.3) is 0 Å². The molecule has 1 aliphatic carbocycles. The Labute approximate surface area is 105 Å². The highest BCUT2D eigenvalue weighted by molar-refractivity contribution is 4.91. The van der Waals surface area contributed by atoms with Crippen LogP contribution in [-0.2, 0) is 4.74 Å². The minimum Gasteiger partial charge on any atom is -0.371 e. The number of piperidine rings is 1. The molecular weight excluding hydrogens is 212 g/mol. The second-order valence-electron chi connectivity index (χ2n) is 6.34. The summed E-state index contributed by atoms with van der Waals surface area (Å²) in [4.78, 5) is 2.70. The van der Waals surface area contributed by atoms with Gasteiger partial charge in [-0.3, -0.25) is 4.90 Å². The molecule has 2 heterocycles. The summed E-state index contributed by atoms with van der Waals surface area (Å²) in [7, 11) is 0. The molecule has 98 valence electrons. The van der Waals surface area contributed by atoms with Gasteiger partial charge in [0.1, 0.15) is 0 Å². The Morgan fingerprint density at radius 2 is 2.06 bits per heavy atom. The molecule has 3 aliphatic rings. The highest BCUT2D eigenvalue weighted by Gasteiger charge is 2.36. The summed E-state index contributed by atoms with van der Waals surface area (Å²) in [6.07, 6.45) is 7.24. The second-order valence-corrected chi connectivity index (χ2v) is 6.34. The van der Waals surface area contributed by atoms with Gasteiger partial charge in [-0.15, -0.1) is 0 Å². The third-order valence-electron chi connectivity index (χ3n) is 4.94. The van der Waals surface area contributed by atoms with Gasteiger partial charge in [0.15, 0.2) is 0 Å². The van der Waals surface area contributed by atoms with Crippen molar-refractivity contribution >= 4 is 0 Å². The molecule has 2 saturated heterocycles. The Hall–Kier alpha value is -0.120. The molecule has 3 nitrogen and oxygen atoms in total. The Morgan fingerprint density at radius 1 is 1.24 bits per heavy atom. The SMILES string of the molecule is CC1(OCCN2CCCC3CCCC32)CNC1. The molecule has 1 N–H and O–H groups in total. The van der Waals surface area contributed by atoms with Crippen LogP contribution in [0.1, 0.15) is 39.0 Å². The topological polar surface area (TPSA) is 24.5 Å². The van der Waals surface area contributed by atoms with E-state index in [0.717, 1.165) is 38.2 Å². The summed E-state index contributed by atoms with van der Waals surface area (Å²) < 4.78 is 6.01. The zero-order valence-electron chi connectivity index (χ0n) is 11.1. The van der Waals surface area contributed by atoms with Crippen LogP contribution in [0.15, 0.2) is 0 Å². The lowest BCUT2D eigenvalue weighted by Gasteiger charge is -2.41. The van der Waals surface area contributed by atoms with Crippen LogP contribution in [0.2, 0.25) is 0 Å². The average molecular weight is 238 g/mol. The number of nitrogens with zero attached hydrogens (tertiary/aromatic N) is 1. The number of rotatable bonds is 4. The first-order valence-electron chi connectivity index (χ1n) is 7.36. The third kappa shape index (κ3) is 2.51. The van der Waals surface area contributed by atoms with Gasteiger partial charge in [0, 0.05) is 25.7 Å². The highest BCUT2D eigenvalue weighted by Crippen LogP contribution is 2.36. The lowest BCUT2D eigenvalue weighted by Crippen LogP contribution is -2.59.